The molecule has 2 N–H and O–H groups in total. The normalized spacial score (nSPS) is 12.3. The second-order valence-corrected chi connectivity index (χ2v) is 6.93. The number of anilines is 1. The molecular formula is C17H20F3N3O. The molecule has 4 nitrogen and oxygen atoms in total. The summed E-state index contributed by atoms with van der Waals surface area (Å²) in [6, 6.07) is 4.69. The van der Waals surface area contributed by atoms with Crippen molar-refractivity contribution >= 4 is 11.6 Å². The molecule has 130 valence electrons. The highest BCUT2D eigenvalue weighted by Gasteiger charge is 2.30. The van der Waals surface area contributed by atoms with Crippen LogP contribution < -0.4 is 5.32 Å². The van der Waals surface area contributed by atoms with Crippen molar-refractivity contribution in [1.82, 2.24) is 10.2 Å². The molecule has 0 saturated carbocycles. The minimum Gasteiger partial charge on any atom is -0.323 e. The highest BCUT2D eigenvalue weighted by atomic mass is 19.4. The number of halogens is 3. The van der Waals surface area contributed by atoms with E-state index in [4.69, 9.17) is 0 Å². The van der Waals surface area contributed by atoms with Crippen LogP contribution in [-0.2, 0) is 11.0 Å². The zero-order valence-electron chi connectivity index (χ0n) is 14.0. The van der Waals surface area contributed by atoms with E-state index in [2.05, 4.69) is 15.5 Å². The maximum Gasteiger partial charge on any atom is 0.416 e. The van der Waals surface area contributed by atoms with Gasteiger partial charge < -0.3 is 5.32 Å². The van der Waals surface area contributed by atoms with E-state index in [1.165, 1.54) is 12.1 Å². The zero-order valence-corrected chi connectivity index (χ0v) is 14.0. The van der Waals surface area contributed by atoms with Crippen molar-refractivity contribution in [1.29, 1.82) is 0 Å². The summed E-state index contributed by atoms with van der Waals surface area (Å²) in [7, 11) is 0. The number of carbonyl (C=O) groups is 1. The van der Waals surface area contributed by atoms with E-state index in [1.807, 2.05) is 20.8 Å². The number of benzene rings is 1. The van der Waals surface area contributed by atoms with Gasteiger partial charge in [-0.2, -0.15) is 18.3 Å². The number of aromatic amines is 1. The van der Waals surface area contributed by atoms with E-state index in [0.29, 0.717) is 29.1 Å². The van der Waals surface area contributed by atoms with Crippen LogP contribution >= 0.6 is 0 Å². The Labute approximate surface area is 138 Å². The number of alkyl halides is 3. The van der Waals surface area contributed by atoms with E-state index >= 15 is 0 Å². The molecule has 0 radical (unpaired) electrons. The first-order valence-corrected chi connectivity index (χ1v) is 7.50. The molecular weight excluding hydrogens is 319 g/mol. The molecule has 0 aliphatic rings. The Morgan fingerprint density at radius 3 is 2.25 bits per heavy atom. The number of nitrogens with zero attached hydrogens (tertiary/aromatic N) is 1. The number of aromatic nitrogens is 2. The van der Waals surface area contributed by atoms with Gasteiger partial charge in [0.25, 0.3) is 0 Å². The Morgan fingerprint density at radius 1 is 1.17 bits per heavy atom. The number of rotatable bonds is 3. The summed E-state index contributed by atoms with van der Waals surface area (Å²) >= 11 is 0. The monoisotopic (exact) mass is 339 g/mol. The van der Waals surface area contributed by atoms with E-state index < -0.39 is 11.7 Å². The molecule has 0 unspecified atom stereocenters. The van der Waals surface area contributed by atoms with Gasteiger partial charge in [-0.05, 0) is 24.5 Å². The molecule has 2 rings (SSSR count). The van der Waals surface area contributed by atoms with Gasteiger partial charge in [-0.25, -0.2) is 0 Å². The maximum atomic E-state index is 12.7. The van der Waals surface area contributed by atoms with Crippen LogP contribution in [0.4, 0.5) is 18.9 Å². The van der Waals surface area contributed by atoms with Crippen molar-refractivity contribution in [3.05, 3.63) is 35.5 Å². The van der Waals surface area contributed by atoms with Crippen LogP contribution in [0, 0.1) is 12.3 Å². The van der Waals surface area contributed by atoms with Gasteiger partial charge in [0, 0.05) is 12.0 Å². The van der Waals surface area contributed by atoms with Crippen LogP contribution in [0.1, 0.15) is 38.4 Å². The summed E-state index contributed by atoms with van der Waals surface area (Å²) in [5.41, 5.74) is 1.16. The predicted molar refractivity (Wildman–Crippen MR) is 86.5 cm³/mol. The minimum absolute atomic E-state index is 0.167. The van der Waals surface area contributed by atoms with E-state index in [9.17, 15) is 18.0 Å². The third kappa shape index (κ3) is 4.37. The second kappa shape index (κ2) is 6.30. The molecule has 0 spiro atoms. The molecule has 0 bridgehead atoms. The van der Waals surface area contributed by atoms with Crippen LogP contribution in [-0.4, -0.2) is 16.1 Å². The van der Waals surface area contributed by atoms with Crippen molar-refractivity contribution in [2.24, 2.45) is 5.41 Å². The van der Waals surface area contributed by atoms with Gasteiger partial charge >= 0.3 is 6.18 Å². The summed E-state index contributed by atoms with van der Waals surface area (Å²) in [5.74, 6) is -0.167. The maximum absolute atomic E-state index is 12.7. The lowest BCUT2D eigenvalue weighted by Gasteiger charge is -2.17. The SMILES string of the molecule is Cc1[nH]nc(-c2ccc(C(F)(F)F)cc2)c1NC(=O)CC(C)(C)C. The summed E-state index contributed by atoms with van der Waals surface area (Å²) in [4.78, 5) is 12.1. The lowest BCUT2D eigenvalue weighted by molar-refractivity contribution is -0.137. The van der Waals surface area contributed by atoms with Crippen molar-refractivity contribution in [2.45, 2.75) is 40.3 Å². The molecule has 2 aromatic rings. The van der Waals surface area contributed by atoms with Crippen LogP contribution in [0.5, 0.6) is 0 Å². The third-order valence-electron chi connectivity index (χ3n) is 3.39. The van der Waals surface area contributed by atoms with E-state index in [1.54, 1.807) is 6.92 Å². The number of nitrogens with one attached hydrogen (secondary N) is 2. The van der Waals surface area contributed by atoms with Crippen LogP contribution in [0.3, 0.4) is 0 Å². The number of aryl methyl sites for hydroxylation is 1. The Kier molecular flexibility index (Phi) is 4.73. The first kappa shape index (κ1) is 18.0. The average Bonchev–Trinajstić information content (AvgIpc) is 2.77. The fraction of sp³-hybridized carbons (Fsp3) is 0.412. The lowest BCUT2D eigenvalue weighted by Crippen LogP contribution is -2.20. The number of hydrogen-bond donors (Lipinski definition) is 2. The van der Waals surface area contributed by atoms with Gasteiger partial charge in [-0.1, -0.05) is 32.9 Å². The molecule has 0 aliphatic heterocycles. The fourth-order valence-electron chi connectivity index (χ4n) is 2.27. The molecule has 1 heterocycles. The largest absolute Gasteiger partial charge is 0.416 e. The molecule has 1 aromatic carbocycles. The Morgan fingerprint density at radius 2 is 1.75 bits per heavy atom. The van der Waals surface area contributed by atoms with E-state index in [0.717, 1.165) is 12.1 Å². The molecule has 0 fully saturated rings. The highest BCUT2D eigenvalue weighted by Crippen LogP contribution is 2.33. The van der Waals surface area contributed by atoms with Crippen LogP contribution in [0.25, 0.3) is 11.3 Å². The van der Waals surface area contributed by atoms with Gasteiger partial charge in [-0.15, -0.1) is 0 Å². The predicted octanol–water partition coefficient (Wildman–Crippen LogP) is 4.78. The molecule has 24 heavy (non-hydrogen) atoms. The first-order chi connectivity index (χ1) is 11.0. The van der Waals surface area contributed by atoms with Gasteiger partial charge in [0.1, 0.15) is 5.69 Å². The molecule has 7 heteroatoms. The molecule has 1 amide bonds. The smallest absolute Gasteiger partial charge is 0.323 e. The van der Waals surface area contributed by atoms with Crippen molar-refractivity contribution < 1.29 is 18.0 Å². The standard InChI is InChI=1S/C17H20F3N3O/c1-10-14(21-13(24)9-16(2,3)4)15(23-22-10)11-5-7-12(8-6-11)17(18,19)20/h5-8H,9H2,1-4H3,(H,21,24)(H,22,23). The molecule has 0 atom stereocenters. The van der Waals surface area contributed by atoms with Crippen molar-refractivity contribution in [3.63, 3.8) is 0 Å². The molecule has 0 aliphatic carbocycles. The summed E-state index contributed by atoms with van der Waals surface area (Å²) in [6.45, 7) is 7.59. The molecule has 0 saturated heterocycles. The van der Waals surface area contributed by atoms with Crippen molar-refractivity contribution in [2.75, 3.05) is 5.32 Å². The van der Waals surface area contributed by atoms with Gasteiger partial charge in [0.15, 0.2) is 0 Å². The Hall–Kier alpha value is -2.31. The van der Waals surface area contributed by atoms with Gasteiger partial charge in [0.05, 0.1) is 16.9 Å². The third-order valence-corrected chi connectivity index (χ3v) is 3.39. The molecule has 1 aromatic heterocycles. The minimum atomic E-state index is -4.39. The van der Waals surface area contributed by atoms with Gasteiger partial charge in [-0.3, -0.25) is 9.89 Å². The number of H-pyrrole nitrogens is 1. The van der Waals surface area contributed by atoms with E-state index in [-0.39, 0.29) is 11.3 Å². The quantitative estimate of drug-likeness (QED) is 0.845. The number of amides is 1. The lowest BCUT2D eigenvalue weighted by atomic mass is 9.92. The first-order valence-electron chi connectivity index (χ1n) is 7.50. The topological polar surface area (TPSA) is 57.8 Å². The van der Waals surface area contributed by atoms with Gasteiger partial charge in [0.2, 0.25) is 5.91 Å². The highest BCUT2D eigenvalue weighted by molar-refractivity contribution is 5.95. The number of carbonyl (C=O) groups excluding carboxylic acids is 1. The summed E-state index contributed by atoms with van der Waals surface area (Å²) in [6.07, 6.45) is -4.06. The zero-order chi connectivity index (χ0) is 18.1. The second-order valence-electron chi connectivity index (χ2n) is 6.93. The van der Waals surface area contributed by atoms with Crippen LogP contribution in [0.2, 0.25) is 0 Å². The van der Waals surface area contributed by atoms with Crippen LogP contribution in [0.15, 0.2) is 24.3 Å². The van der Waals surface area contributed by atoms with Crippen molar-refractivity contribution in [3.8, 4) is 11.3 Å². The average molecular weight is 339 g/mol. The fourth-order valence-corrected chi connectivity index (χ4v) is 2.27. The Bertz CT molecular complexity index is 725. The summed E-state index contributed by atoms with van der Waals surface area (Å²) in [5, 5.41) is 9.67. The summed E-state index contributed by atoms with van der Waals surface area (Å²) < 4.78 is 38.0. The Balaban J connectivity index is 2.28. The number of hydrogen-bond acceptors (Lipinski definition) is 2.